The zero-order valence-electron chi connectivity index (χ0n) is 12.6. The van der Waals surface area contributed by atoms with Crippen LogP contribution in [-0.4, -0.2) is 11.8 Å². The number of benzene rings is 2. The van der Waals surface area contributed by atoms with Gasteiger partial charge in [-0.3, -0.25) is 9.59 Å². The van der Waals surface area contributed by atoms with Crippen LogP contribution in [0.1, 0.15) is 5.56 Å². The first-order valence-electron chi connectivity index (χ1n) is 7.14. The molecule has 25 heavy (non-hydrogen) atoms. The van der Waals surface area contributed by atoms with Crippen molar-refractivity contribution in [2.75, 3.05) is 5.32 Å². The molecule has 0 aliphatic heterocycles. The van der Waals surface area contributed by atoms with Gasteiger partial charge in [-0.1, -0.05) is 18.2 Å². The fourth-order valence-electron chi connectivity index (χ4n) is 2.24. The molecule has 3 rings (SSSR count). The van der Waals surface area contributed by atoms with Gasteiger partial charge >= 0.3 is 11.8 Å². The number of carbonyl (C=O) groups is 2. The second-order valence-electron chi connectivity index (χ2n) is 5.15. The zero-order valence-corrected chi connectivity index (χ0v) is 12.6. The standard InChI is InChI=1S/C17H11F3N2O3/c18-12-5-10(6-13(19)15(12)20)22-17(24)16(23)21-7-9-8-25-14-4-2-1-3-11(9)14/h1-6,8H,7H2,(H,21,23)(H,22,24). The van der Waals surface area contributed by atoms with Crippen LogP contribution in [0.5, 0.6) is 0 Å². The summed E-state index contributed by atoms with van der Waals surface area (Å²) in [6, 6.07) is 8.30. The van der Waals surface area contributed by atoms with Gasteiger partial charge in [0.15, 0.2) is 17.5 Å². The summed E-state index contributed by atoms with van der Waals surface area (Å²) in [5, 5.41) is 5.15. The molecule has 0 bridgehead atoms. The predicted octanol–water partition coefficient (Wildman–Crippen LogP) is 3.11. The number of hydrogen-bond acceptors (Lipinski definition) is 3. The number of rotatable bonds is 3. The Morgan fingerprint density at radius 1 is 1.00 bits per heavy atom. The molecule has 0 unspecified atom stereocenters. The Bertz CT molecular complexity index is 946. The smallest absolute Gasteiger partial charge is 0.313 e. The van der Waals surface area contributed by atoms with Crippen LogP contribution in [0.4, 0.5) is 18.9 Å². The Labute approximate surface area is 139 Å². The van der Waals surface area contributed by atoms with E-state index in [4.69, 9.17) is 4.42 Å². The van der Waals surface area contributed by atoms with E-state index in [1.165, 1.54) is 6.26 Å². The number of carbonyl (C=O) groups excluding carboxylic acids is 2. The van der Waals surface area contributed by atoms with Gasteiger partial charge in [0.25, 0.3) is 0 Å². The van der Waals surface area contributed by atoms with E-state index in [0.29, 0.717) is 23.3 Å². The molecule has 2 amide bonds. The van der Waals surface area contributed by atoms with Crippen LogP contribution < -0.4 is 10.6 Å². The number of para-hydroxylation sites is 1. The summed E-state index contributed by atoms with van der Waals surface area (Å²) in [5.74, 6) is -6.76. The quantitative estimate of drug-likeness (QED) is 0.564. The van der Waals surface area contributed by atoms with Crippen molar-refractivity contribution in [3.63, 3.8) is 0 Å². The van der Waals surface area contributed by atoms with Crippen LogP contribution in [-0.2, 0) is 16.1 Å². The second kappa shape index (κ2) is 6.68. The number of nitrogens with one attached hydrogen (secondary N) is 2. The minimum Gasteiger partial charge on any atom is -0.464 e. The number of anilines is 1. The van der Waals surface area contributed by atoms with Gasteiger partial charge in [0, 0.05) is 35.3 Å². The van der Waals surface area contributed by atoms with Crippen LogP contribution in [0.25, 0.3) is 11.0 Å². The lowest BCUT2D eigenvalue weighted by atomic mass is 10.2. The van der Waals surface area contributed by atoms with Gasteiger partial charge in [0.1, 0.15) is 5.58 Å². The number of amides is 2. The third-order valence-electron chi connectivity index (χ3n) is 3.45. The van der Waals surface area contributed by atoms with Crippen molar-refractivity contribution in [1.29, 1.82) is 0 Å². The lowest BCUT2D eigenvalue weighted by molar-refractivity contribution is -0.136. The van der Waals surface area contributed by atoms with E-state index in [2.05, 4.69) is 5.32 Å². The van der Waals surface area contributed by atoms with E-state index in [9.17, 15) is 22.8 Å². The zero-order chi connectivity index (χ0) is 18.0. The number of furan rings is 1. The largest absolute Gasteiger partial charge is 0.464 e. The molecule has 0 saturated carbocycles. The molecule has 0 saturated heterocycles. The molecule has 128 valence electrons. The second-order valence-corrected chi connectivity index (χ2v) is 5.15. The summed E-state index contributed by atoms with van der Waals surface area (Å²) < 4.78 is 44.4. The van der Waals surface area contributed by atoms with Gasteiger partial charge in [0.05, 0.1) is 6.26 Å². The van der Waals surface area contributed by atoms with E-state index < -0.39 is 29.3 Å². The highest BCUT2D eigenvalue weighted by Crippen LogP contribution is 2.20. The van der Waals surface area contributed by atoms with Gasteiger partial charge in [-0.25, -0.2) is 13.2 Å². The molecule has 2 aromatic carbocycles. The number of halogens is 3. The van der Waals surface area contributed by atoms with Crippen molar-refractivity contribution in [2.45, 2.75) is 6.54 Å². The maximum atomic E-state index is 13.1. The highest BCUT2D eigenvalue weighted by Gasteiger charge is 2.17. The molecule has 0 spiro atoms. The van der Waals surface area contributed by atoms with Crippen molar-refractivity contribution < 1.29 is 27.2 Å². The highest BCUT2D eigenvalue weighted by atomic mass is 19.2. The Balaban J connectivity index is 1.64. The van der Waals surface area contributed by atoms with Crippen LogP contribution in [0.15, 0.2) is 47.1 Å². The summed E-state index contributed by atoms with van der Waals surface area (Å²) in [6.07, 6.45) is 1.45. The van der Waals surface area contributed by atoms with Crippen molar-refractivity contribution in [3.05, 3.63) is 65.7 Å². The Morgan fingerprint density at radius 2 is 1.68 bits per heavy atom. The van der Waals surface area contributed by atoms with E-state index in [1.54, 1.807) is 24.3 Å². The van der Waals surface area contributed by atoms with Gasteiger partial charge in [-0.2, -0.15) is 0 Å². The first-order chi connectivity index (χ1) is 12.0. The molecular formula is C17H11F3N2O3. The molecule has 1 heterocycles. The van der Waals surface area contributed by atoms with Crippen LogP contribution >= 0.6 is 0 Å². The summed E-state index contributed by atoms with van der Waals surface area (Å²) >= 11 is 0. The van der Waals surface area contributed by atoms with Crippen molar-refractivity contribution >= 4 is 28.5 Å². The van der Waals surface area contributed by atoms with Gasteiger partial charge in [-0.05, 0) is 6.07 Å². The number of hydrogen-bond donors (Lipinski definition) is 2. The summed E-state index contributed by atoms with van der Waals surface area (Å²) in [4.78, 5) is 23.6. The molecule has 0 radical (unpaired) electrons. The predicted molar refractivity (Wildman–Crippen MR) is 83.0 cm³/mol. The first-order valence-corrected chi connectivity index (χ1v) is 7.14. The van der Waals surface area contributed by atoms with Crippen LogP contribution in [0, 0.1) is 17.5 Å². The molecule has 0 aliphatic carbocycles. The molecule has 0 atom stereocenters. The average Bonchev–Trinajstić information content (AvgIpc) is 3.00. The third-order valence-corrected chi connectivity index (χ3v) is 3.45. The van der Waals surface area contributed by atoms with Gasteiger partial charge < -0.3 is 15.1 Å². The fraction of sp³-hybridized carbons (Fsp3) is 0.0588. The molecule has 3 aromatic rings. The minimum atomic E-state index is -1.66. The Morgan fingerprint density at radius 3 is 2.40 bits per heavy atom. The normalized spacial score (nSPS) is 10.7. The monoisotopic (exact) mass is 348 g/mol. The lowest BCUT2D eigenvalue weighted by Gasteiger charge is -2.07. The molecule has 8 heteroatoms. The maximum absolute atomic E-state index is 13.1. The SMILES string of the molecule is O=C(NCc1coc2ccccc12)C(=O)Nc1cc(F)c(F)c(F)c1. The first kappa shape index (κ1) is 16.6. The molecule has 5 nitrogen and oxygen atoms in total. The van der Waals surface area contributed by atoms with E-state index in [1.807, 2.05) is 5.32 Å². The molecule has 2 N–H and O–H groups in total. The van der Waals surface area contributed by atoms with E-state index in [-0.39, 0.29) is 12.2 Å². The minimum absolute atomic E-state index is 0.0232. The van der Waals surface area contributed by atoms with E-state index in [0.717, 1.165) is 5.39 Å². The Hall–Kier alpha value is -3.29. The van der Waals surface area contributed by atoms with Crippen molar-refractivity contribution in [3.8, 4) is 0 Å². The lowest BCUT2D eigenvalue weighted by Crippen LogP contribution is -2.35. The van der Waals surface area contributed by atoms with Gasteiger partial charge in [0.2, 0.25) is 0 Å². The summed E-state index contributed by atoms with van der Waals surface area (Å²) in [6.45, 7) is 0.0232. The van der Waals surface area contributed by atoms with Crippen molar-refractivity contribution in [2.24, 2.45) is 0 Å². The molecular weight excluding hydrogens is 337 g/mol. The van der Waals surface area contributed by atoms with Crippen LogP contribution in [0.2, 0.25) is 0 Å². The van der Waals surface area contributed by atoms with Gasteiger partial charge in [-0.15, -0.1) is 0 Å². The Kier molecular flexibility index (Phi) is 4.42. The average molecular weight is 348 g/mol. The molecule has 0 aliphatic rings. The van der Waals surface area contributed by atoms with Crippen LogP contribution in [0.3, 0.4) is 0 Å². The van der Waals surface area contributed by atoms with Crippen molar-refractivity contribution in [1.82, 2.24) is 5.32 Å². The topological polar surface area (TPSA) is 71.3 Å². The summed E-state index contributed by atoms with van der Waals surface area (Å²) in [7, 11) is 0. The molecule has 1 aromatic heterocycles. The third kappa shape index (κ3) is 3.47. The van der Waals surface area contributed by atoms with E-state index >= 15 is 0 Å². The summed E-state index contributed by atoms with van der Waals surface area (Å²) in [5.41, 5.74) is 0.925. The molecule has 0 fully saturated rings. The number of fused-ring (bicyclic) bond motifs is 1. The highest BCUT2D eigenvalue weighted by molar-refractivity contribution is 6.39. The maximum Gasteiger partial charge on any atom is 0.313 e. The fourth-order valence-corrected chi connectivity index (χ4v) is 2.24.